The number of nitrogens with one attached hydrogen (secondary N) is 1. The lowest BCUT2D eigenvalue weighted by atomic mass is 10.2. The summed E-state index contributed by atoms with van der Waals surface area (Å²) in [4.78, 5) is 11.5. The van der Waals surface area contributed by atoms with Crippen LogP contribution in [0.15, 0.2) is 24.3 Å². The number of rotatable bonds is 3. The number of hydrogen-bond donors (Lipinski definition) is 2. The standard InChI is InChI=1S/C14H17FN4O.ClH/c1-8-6-9(2)19(18-8)13-5-4-11(7-12(13)15)17-14(20)10(3)16;/h4-7,10H,16H2,1-3H3,(H,17,20);1H/t10-;/m1./s1. The molecule has 0 bridgehead atoms. The fourth-order valence-electron chi connectivity index (χ4n) is 1.89. The maximum atomic E-state index is 14.1. The third kappa shape index (κ3) is 3.80. The molecular formula is C14H18ClFN4O. The number of nitrogens with zero attached hydrogens (tertiary/aromatic N) is 2. The number of benzene rings is 1. The molecule has 3 N–H and O–H groups in total. The van der Waals surface area contributed by atoms with E-state index in [1.165, 1.54) is 10.7 Å². The van der Waals surface area contributed by atoms with Crippen molar-refractivity contribution in [1.82, 2.24) is 9.78 Å². The van der Waals surface area contributed by atoms with Crippen LogP contribution in [0.25, 0.3) is 5.69 Å². The quantitative estimate of drug-likeness (QED) is 0.913. The second-order valence-electron chi connectivity index (χ2n) is 4.78. The number of amides is 1. The molecule has 0 fully saturated rings. The normalized spacial score (nSPS) is 11.7. The van der Waals surface area contributed by atoms with E-state index in [0.29, 0.717) is 11.4 Å². The predicted octanol–water partition coefficient (Wildman–Crippen LogP) is 2.34. The Labute approximate surface area is 128 Å². The molecular weight excluding hydrogens is 295 g/mol. The van der Waals surface area contributed by atoms with Crippen molar-refractivity contribution in [1.29, 1.82) is 0 Å². The largest absolute Gasteiger partial charge is 0.325 e. The topological polar surface area (TPSA) is 72.9 Å². The molecule has 21 heavy (non-hydrogen) atoms. The highest BCUT2D eigenvalue weighted by atomic mass is 35.5. The average Bonchev–Trinajstić information content (AvgIpc) is 2.68. The summed E-state index contributed by atoms with van der Waals surface area (Å²) in [6, 6.07) is 5.67. The average molecular weight is 313 g/mol. The van der Waals surface area contributed by atoms with Crippen LogP contribution in [0.4, 0.5) is 10.1 Å². The monoisotopic (exact) mass is 312 g/mol. The molecule has 0 unspecified atom stereocenters. The first kappa shape index (κ1) is 17.1. The minimum absolute atomic E-state index is 0. The lowest BCUT2D eigenvalue weighted by Gasteiger charge is -2.10. The van der Waals surface area contributed by atoms with E-state index in [0.717, 1.165) is 11.4 Å². The summed E-state index contributed by atoms with van der Waals surface area (Å²) in [7, 11) is 0. The second-order valence-corrected chi connectivity index (χ2v) is 4.78. The van der Waals surface area contributed by atoms with E-state index in [4.69, 9.17) is 5.73 Å². The summed E-state index contributed by atoms with van der Waals surface area (Å²) < 4.78 is 15.7. The maximum Gasteiger partial charge on any atom is 0.241 e. The van der Waals surface area contributed by atoms with Gasteiger partial charge in [0.05, 0.1) is 11.7 Å². The van der Waals surface area contributed by atoms with Crippen LogP contribution in [0, 0.1) is 19.7 Å². The van der Waals surface area contributed by atoms with Crippen LogP contribution in [0.3, 0.4) is 0 Å². The van der Waals surface area contributed by atoms with Gasteiger partial charge in [-0.05, 0) is 45.0 Å². The minimum Gasteiger partial charge on any atom is -0.325 e. The van der Waals surface area contributed by atoms with Gasteiger partial charge in [0, 0.05) is 11.4 Å². The SMILES string of the molecule is Cc1cc(C)n(-c2ccc(NC(=O)[C@@H](C)N)cc2F)n1.Cl. The first-order valence-electron chi connectivity index (χ1n) is 6.28. The van der Waals surface area contributed by atoms with Crippen LogP contribution >= 0.6 is 12.4 Å². The molecule has 0 aliphatic rings. The third-order valence-electron chi connectivity index (χ3n) is 2.87. The molecule has 1 atom stereocenters. The Morgan fingerprint density at radius 3 is 2.52 bits per heavy atom. The number of hydrogen-bond acceptors (Lipinski definition) is 3. The van der Waals surface area contributed by atoms with Crippen molar-refractivity contribution in [3.8, 4) is 5.69 Å². The fourth-order valence-corrected chi connectivity index (χ4v) is 1.89. The van der Waals surface area contributed by atoms with E-state index >= 15 is 0 Å². The van der Waals surface area contributed by atoms with Crippen LogP contribution in [0.2, 0.25) is 0 Å². The molecule has 1 amide bonds. The van der Waals surface area contributed by atoms with E-state index in [1.54, 1.807) is 19.1 Å². The molecule has 0 aliphatic carbocycles. The van der Waals surface area contributed by atoms with E-state index < -0.39 is 11.9 Å². The predicted molar refractivity (Wildman–Crippen MR) is 82.5 cm³/mol. The van der Waals surface area contributed by atoms with E-state index in [-0.39, 0.29) is 18.3 Å². The lowest BCUT2D eigenvalue weighted by molar-refractivity contribution is -0.117. The van der Waals surface area contributed by atoms with Crippen LogP contribution < -0.4 is 11.1 Å². The smallest absolute Gasteiger partial charge is 0.241 e. The second kappa shape index (κ2) is 6.69. The van der Waals surface area contributed by atoms with Crippen molar-refractivity contribution in [2.45, 2.75) is 26.8 Å². The highest BCUT2D eigenvalue weighted by Crippen LogP contribution is 2.20. The van der Waals surface area contributed by atoms with Crippen molar-refractivity contribution in [3.05, 3.63) is 41.5 Å². The van der Waals surface area contributed by atoms with Gasteiger partial charge in [-0.15, -0.1) is 12.4 Å². The Morgan fingerprint density at radius 1 is 1.38 bits per heavy atom. The van der Waals surface area contributed by atoms with E-state index in [1.807, 2.05) is 19.9 Å². The molecule has 5 nitrogen and oxygen atoms in total. The molecule has 0 saturated heterocycles. The van der Waals surface area contributed by atoms with Crippen LogP contribution in [0.1, 0.15) is 18.3 Å². The Kier molecular flexibility index (Phi) is 5.46. The van der Waals surface area contributed by atoms with Crippen molar-refractivity contribution >= 4 is 24.0 Å². The van der Waals surface area contributed by atoms with Gasteiger partial charge in [-0.2, -0.15) is 5.10 Å². The fraction of sp³-hybridized carbons (Fsp3) is 0.286. The molecule has 0 radical (unpaired) electrons. The van der Waals surface area contributed by atoms with Crippen LogP contribution in [0.5, 0.6) is 0 Å². The zero-order valence-electron chi connectivity index (χ0n) is 12.1. The van der Waals surface area contributed by atoms with Gasteiger partial charge in [0.2, 0.25) is 5.91 Å². The van der Waals surface area contributed by atoms with Gasteiger partial charge in [-0.1, -0.05) is 0 Å². The highest BCUT2D eigenvalue weighted by molar-refractivity contribution is 5.94. The Hall–Kier alpha value is -1.92. The summed E-state index contributed by atoms with van der Waals surface area (Å²) in [5, 5.41) is 6.78. The van der Waals surface area contributed by atoms with E-state index in [9.17, 15) is 9.18 Å². The van der Waals surface area contributed by atoms with Gasteiger partial charge < -0.3 is 11.1 Å². The van der Waals surface area contributed by atoms with Crippen molar-refractivity contribution in [3.63, 3.8) is 0 Å². The molecule has 114 valence electrons. The number of halogens is 2. The van der Waals surface area contributed by atoms with E-state index in [2.05, 4.69) is 10.4 Å². The molecule has 1 heterocycles. The molecule has 1 aromatic heterocycles. The Bertz CT molecular complexity index is 654. The number of aryl methyl sites for hydroxylation is 2. The zero-order valence-corrected chi connectivity index (χ0v) is 12.9. The molecule has 1 aromatic carbocycles. The third-order valence-corrected chi connectivity index (χ3v) is 2.87. The molecule has 0 aliphatic heterocycles. The van der Waals surface area contributed by atoms with Gasteiger partial charge in [0.1, 0.15) is 5.69 Å². The number of carbonyl (C=O) groups excluding carboxylic acids is 1. The van der Waals surface area contributed by atoms with Gasteiger partial charge in [0.15, 0.2) is 5.82 Å². The molecule has 2 rings (SSSR count). The minimum atomic E-state index is -0.645. The number of nitrogens with two attached hydrogens (primary N) is 1. The number of anilines is 1. The summed E-state index contributed by atoms with van der Waals surface area (Å²) >= 11 is 0. The van der Waals surface area contributed by atoms with Gasteiger partial charge in [-0.3, -0.25) is 4.79 Å². The van der Waals surface area contributed by atoms with Crippen molar-refractivity contribution < 1.29 is 9.18 Å². The molecule has 0 saturated carbocycles. The van der Waals surface area contributed by atoms with Crippen LogP contribution in [-0.4, -0.2) is 21.7 Å². The lowest BCUT2D eigenvalue weighted by Crippen LogP contribution is -2.32. The van der Waals surface area contributed by atoms with Crippen LogP contribution in [-0.2, 0) is 4.79 Å². The first-order valence-corrected chi connectivity index (χ1v) is 6.28. The van der Waals surface area contributed by atoms with Gasteiger partial charge in [0.25, 0.3) is 0 Å². The van der Waals surface area contributed by atoms with Gasteiger partial charge in [-0.25, -0.2) is 9.07 Å². The maximum absolute atomic E-state index is 14.1. The summed E-state index contributed by atoms with van der Waals surface area (Å²) in [6.45, 7) is 5.26. The number of carbonyl (C=O) groups is 1. The highest BCUT2D eigenvalue weighted by Gasteiger charge is 2.12. The molecule has 0 spiro atoms. The van der Waals surface area contributed by atoms with Crippen molar-refractivity contribution in [2.24, 2.45) is 5.73 Å². The summed E-state index contributed by atoms with van der Waals surface area (Å²) in [5.41, 5.74) is 7.82. The molecule has 2 aromatic rings. The number of aromatic nitrogens is 2. The Balaban J connectivity index is 0.00000220. The van der Waals surface area contributed by atoms with Crippen molar-refractivity contribution in [2.75, 3.05) is 5.32 Å². The summed E-state index contributed by atoms with van der Waals surface area (Å²) in [5.74, 6) is -0.818. The molecule has 7 heteroatoms. The first-order chi connectivity index (χ1) is 9.38. The van der Waals surface area contributed by atoms with Gasteiger partial charge >= 0.3 is 0 Å². The summed E-state index contributed by atoms with van der Waals surface area (Å²) in [6.07, 6.45) is 0. The zero-order chi connectivity index (χ0) is 14.9. The Morgan fingerprint density at radius 2 is 2.05 bits per heavy atom.